The van der Waals surface area contributed by atoms with Crippen LogP contribution < -0.4 is 10.6 Å². The topological polar surface area (TPSA) is 87.7 Å². The van der Waals surface area contributed by atoms with Crippen LogP contribution in [0.1, 0.15) is 90.0 Å². The molecule has 7 heteroatoms. The third-order valence-electron chi connectivity index (χ3n) is 5.68. The zero-order chi connectivity index (χ0) is 25.2. The molecule has 0 saturated carbocycles. The van der Waals surface area contributed by atoms with Gasteiger partial charge in [0, 0.05) is 12.6 Å². The van der Waals surface area contributed by atoms with Crippen LogP contribution in [0.25, 0.3) is 0 Å². The molecule has 186 valence electrons. The molecule has 7 nitrogen and oxygen atoms in total. The van der Waals surface area contributed by atoms with Gasteiger partial charge in [0.1, 0.15) is 18.2 Å². The maximum absolute atomic E-state index is 13.4. The summed E-state index contributed by atoms with van der Waals surface area (Å²) in [6.07, 6.45) is 2.99. The third-order valence-corrected chi connectivity index (χ3v) is 5.68. The number of hydrogen-bond acceptors (Lipinski definition) is 4. The minimum Gasteiger partial charge on any atom is -0.444 e. The first-order valence-electron chi connectivity index (χ1n) is 12.0. The highest BCUT2D eigenvalue weighted by molar-refractivity contribution is 5.91. The van der Waals surface area contributed by atoms with E-state index in [1.54, 1.807) is 25.7 Å². The molecule has 0 aliphatic heterocycles. The molecular weight excluding hydrogens is 418 g/mol. The lowest BCUT2D eigenvalue weighted by Crippen LogP contribution is -2.51. The first-order valence-corrected chi connectivity index (χ1v) is 12.0. The van der Waals surface area contributed by atoms with Crippen LogP contribution in [0.5, 0.6) is 0 Å². The zero-order valence-corrected chi connectivity index (χ0v) is 21.7. The van der Waals surface area contributed by atoms with E-state index in [1.807, 2.05) is 45.9 Å². The molecule has 0 aliphatic rings. The van der Waals surface area contributed by atoms with E-state index >= 15 is 0 Å². The Morgan fingerprint density at radius 1 is 1.06 bits per heavy atom. The van der Waals surface area contributed by atoms with Crippen LogP contribution in [0.15, 0.2) is 18.2 Å². The number of aryl methyl sites for hydroxylation is 1. The van der Waals surface area contributed by atoms with Gasteiger partial charge in [-0.3, -0.25) is 9.59 Å². The van der Waals surface area contributed by atoms with Crippen LogP contribution in [0.3, 0.4) is 0 Å². The molecule has 0 aliphatic carbocycles. The maximum atomic E-state index is 13.4. The predicted octanol–water partition coefficient (Wildman–Crippen LogP) is 4.80. The van der Waals surface area contributed by atoms with Gasteiger partial charge in [-0.05, 0) is 71.1 Å². The molecule has 1 rings (SSSR count). The third kappa shape index (κ3) is 9.06. The average Bonchev–Trinajstić information content (AvgIpc) is 2.73. The molecule has 0 radical (unpaired) electrons. The minimum atomic E-state index is -0.783. The normalized spacial score (nSPS) is 13.1. The molecule has 33 heavy (non-hydrogen) atoms. The van der Waals surface area contributed by atoms with E-state index in [0.29, 0.717) is 13.0 Å². The number of carbonyl (C=O) groups excluding carboxylic acids is 3. The Labute approximate surface area is 199 Å². The molecule has 2 N–H and O–H groups in total. The Bertz CT molecular complexity index is 801. The quantitative estimate of drug-likeness (QED) is 0.463. The van der Waals surface area contributed by atoms with Gasteiger partial charge < -0.3 is 20.3 Å². The van der Waals surface area contributed by atoms with Crippen molar-refractivity contribution in [3.8, 4) is 0 Å². The largest absolute Gasteiger partial charge is 0.444 e. The summed E-state index contributed by atoms with van der Waals surface area (Å²) in [5.41, 5.74) is 2.17. The Morgan fingerprint density at radius 3 is 2.30 bits per heavy atom. The molecule has 0 saturated heterocycles. The van der Waals surface area contributed by atoms with Crippen LogP contribution in [0, 0.1) is 13.8 Å². The molecule has 0 bridgehead atoms. The Kier molecular flexibility index (Phi) is 11.4. The SMILES string of the molecule is CCCCCNC(=O)C(c1cccc(C)c1C)N(C(=O)CNC(=O)OC(C)(C)C)C(C)CC. The number of hydrogen-bond donors (Lipinski definition) is 2. The second-order valence-electron chi connectivity index (χ2n) is 9.60. The molecule has 2 unspecified atom stereocenters. The lowest BCUT2D eigenvalue weighted by atomic mass is 9.94. The van der Waals surface area contributed by atoms with Gasteiger partial charge in [0.05, 0.1) is 0 Å². The second-order valence-corrected chi connectivity index (χ2v) is 9.60. The highest BCUT2D eigenvalue weighted by Crippen LogP contribution is 2.29. The second kappa shape index (κ2) is 13.2. The average molecular weight is 462 g/mol. The molecule has 0 spiro atoms. The van der Waals surface area contributed by atoms with E-state index in [9.17, 15) is 14.4 Å². The van der Waals surface area contributed by atoms with E-state index in [0.717, 1.165) is 36.0 Å². The molecule has 1 aromatic carbocycles. The van der Waals surface area contributed by atoms with Crippen molar-refractivity contribution in [2.24, 2.45) is 0 Å². The summed E-state index contributed by atoms with van der Waals surface area (Å²) >= 11 is 0. The summed E-state index contributed by atoms with van der Waals surface area (Å²) in [4.78, 5) is 40.5. The number of benzene rings is 1. The van der Waals surface area contributed by atoms with E-state index in [-0.39, 0.29) is 24.4 Å². The van der Waals surface area contributed by atoms with Gasteiger partial charge in [0.15, 0.2) is 0 Å². The number of nitrogens with one attached hydrogen (secondary N) is 2. The number of ether oxygens (including phenoxy) is 1. The van der Waals surface area contributed by atoms with Gasteiger partial charge in [-0.25, -0.2) is 4.79 Å². The highest BCUT2D eigenvalue weighted by atomic mass is 16.6. The van der Waals surface area contributed by atoms with E-state index in [1.165, 1.54) is 0 Å². The van der Waals surface area contributed by atoms with Crippen molar-refractivity contribution < 1.29 is 19.1 Å². The number of rotatable bonds is 11. The Morgan fingerprint density at radius 2 is 1.73 bits per heavy atom. The van der Waals surface area contributed by atoms with Gasteiger partial charge in [0.25, 0.3) is 0 Å². The number of nitrogens with zero attached hydrogens (tertiary/aromatic N) is 1. The van der Waals surface area contributed by atoms with Crippen LogP contribution in [0.4, 0.5) is 4.79 Å². The lowest BCUT2D eigenvalue weighted by Gasteiger charge is -2.36. The van der Waals surface area contributed by atoms with Gasteiger partial charge in [-0.2, -0.15) is 0 Å². The van der Waals surface area contributed by atoms with Crippen molar-refractivity contribution in [1.29, 1.82) is 0 Å². The Hall–Kier alpha value is -2.57. The van der Waals surface area contributed by atoms with Gasteiger partial charge in [-0.15, -0.1) is 0 Å². The van der Waals surface area contributed by atoms with E-state index in [4.69, 9.17) is 4.74 Å². The van der Waals surface area contributed by atoms with Crippen molar-refractivity contribution in [3.05, 3.63) is 34.9 Å². The summed E-state index contributed by atoms with van der Waals surface area (Å²) in [6.45, 7) is 15.6. The van der Waals surface area contributed by atoms with Crippen molar-refractivity contribution in [3.63, 3.8) is 0 Å². The standard InChI is InChI=1S/C26H43N3O4/c1-9-11-12-16-27-24(31)23(21-15-13-14-18(3)20(21)5)29(19(4)10-2)22(30)17-28-25(32)33-26(6,7)8/h13-15,19,23H,9-12,16-17H2,1-8H3,(H,27,31)(H,28,32). The van der Waals surface area contributed by atoms with Crippen LogP contribution in [-0.2, 0) is 14.3 Å². The van der Waals surface area contributed by atoms with E-state index in [2.05, 4.69) is 17.6 Å². The number of carbonyl (C=O) groups is 3. The van der Waals surface area contributed by atoms with Crippen LogP contribution in [0.2, 0.25) is 0 Å². The summed E-state index contributed by atoms with van der Waals surface area (Å²) in [5.74, 6) is -0.532. The Balaban J connectivity index is 3.25. The molecule has 1 aromatic rings. The van der Waals surface area contributed by atoms with Gasteiger partial charge in [-0.1, -0.05) is 44.9 Å². The molecule has 2 atom stereocenters. The fourth-order valence-electron chi connectivity index (χ4n) is 3.56. The summed E-state index contributed by atoms with van der Waals surface area (Å²) in [6, 6.07) is 4.82. The molecule has 0 fully saturated rings. The summed E-state index contributed by atoms with van der Waals surface area (Å²) in [5, 5.41) is 5.57. The maximum Gasteiger partial charge on any atom is 0.408 e. The monoisotopic (exact) mass is 461 g/mol. The number of amides is 3. The molecular formula is C26H43N3O4. The van der Waals surface area contributed by atoms with Crippen LogP contribution >= 0.6 is 0 Å². The fraction of sp³-hybridized carbons (Fsp3) is 0.654. The van der Waals surface area contributed by atoms with Crippen molar-refractivity contribution in [2.75, 3.05) is 13.1 Å². The number of alkyl carbamates (subject to hydrolysis) is 1. The lowest BCUT2D eigenvalue weighted by molar-refractivity contribution is -0.142. The first kappa shape index (κ1) is 28.5. The first-order chi connectivity index (χ1) is 15.4. The highest BCUT2D eigenvalue weighted by Gasteiger charge is 2.35. The predicted molar refractivity (Wildman–Crippen MR) is 132 cm³/mol. The minimum absolute atomic E-state index is 0.203. The van der Waals surface area contributed by atoms with Crippen molar-refractivity contribution in [1.82, 2.24) is 15.5 Å². The molecule has 0 heterocycles. The summed E-state index contributed by atoms with van der Waals surface area (Å²) in [7, 11) is 0. The smallest absolute Gasteiger partial charge is 0.408 e. The fourth-order valence-corrected chi connectivity index (χ4v) is 3.56. The van der Waals surface area contributed by atoms with Gasteiger partial charge in [0.2, 0.25) is 11.8 Å². The van der Waals surface area contributed by atoms with E-state index < -0.39 is 17.7 Å². The molecule has 3 amide bonds. The van der Waals surface area contributed by atoms with Crippen molar-refractivity contribution >= 4 is 17.9 Å². The van der Waals surface area contributed by atoms with Gasteiger partial charge >= 0.3 is 6.09 Å². The zero-order valence-electron chi connectivity index (χ0n) is 21.7. The molecule has 0 aromatic heterocycles. The summed E-state index contributed by atoms with van der Waals surface area (Å²) < 4.78 is 5.26. The van der Waals surface area contributed by atoms with Crippen molar-refractivity contribution in [2.45, 2.75) is 98.8 Å². The number of unbranched alkanes of at least 4 members (excludes halogenated alkanes) is 2. The van der Waals surface area contributed by atoms with Crippen LogP contribution in [-0.4, -0.2) is 47.5 Å².